The largest absolute Gasteiger partial charge is 0.467 e. The Hall–Kier alpha value is -3.86. The van der Waals surface area contributed by atoms with Gasteiger partial charge in [-0.3, -0.25) is 24.3 Å². The molecule has 0 N–H and O–H groups in total. The molecule has 0 bridgehead atoms. The number of imide groups is 1. The second-order valence-electron chi connectivity index (χ2n) is 11.1. The molecule has 1 aliphatic rings. The number of para-hydroxylation sites is 1. The third-order valence-electron chi connectivity index (χ3n) is 7.15. The van der Waals surface area contributed by atoms with Gasteiger partial charge in [0.2, 0.25) is 0 Å². The van der Waals surface area contributed by atoms with Crippen LogP contribution in [0.25, 0.3) is 10.9 Å². The van der Waals surface area contributed by atoms with E-state index in [-0.39, 0.29) is 11.1 Å². The molecule has 0 saturated heterocycles. The first-order valence-electron chi connectivity index (χ1n) is 13.3. The van der Waals surface area contributed by atoms with Crippen LogP contribution in [0.15, 0.2) is 85.1 Å². The molecule has 2 atom stereocenters. The fraction of sp³-hybridized carbons (Fsp3) is 0.219. The van der Waals surface area contributed by atoms with Gasteiger partial charge >= 0.3 is 6.71 Å². The number of aromatic nitrogens is 1. The predicted molar refractivity (Wildman–Crippen MR) is 167 cm³/mol. The van der Waals surface area contributed by atoms with Gasteiger partial charge in [-0.2, -0.15) is 0 Å². The minimum absolute atomic E-state index is 0.228. The molecular formula is C32H28BIN2O5. The quantitative estimate of drug-likeness (QED) is 0.145. The van der Waals surface area contributed by atoms with Gasteiger partial charge in [-0.15, -0.1) is 0 Å². The molecule has 1 unspecified atom stereocenters. The van der Waals surface area contributed by atoms with Crippen molar-refractivity contribution in [3.8, 4) is 0 Å². The second kappa shape index (κ2) is 11.2. The van der Waals surface area contributed by atoms with Gasteiger partial charge in [0.25, 0.3) is 17.7 Å². The molecular weight excluding hydrogens is 630 g/mol. The number of benzene rings is 3. The van der Waals surface area contributed by atoms with Crippen LogP contribution in [-0.4, -0.2) is 51.6 Å². The van der Waals surface area contributed by atoms with Crippen molar-refractivity contribution in [1.82, 2.24) is 9.88 Å². The number of ether oxygens (including phenoxy) is 1. The van der Waals surface area contributed by atoms with Gasteiger partial charge in [-0.25, -0.2) is 0 Å². The maximum Gasteiger partial charge on any atom is 0.391 e. The van der Waals surface area contributed by atoms with E-state index in [0.29, 0.717) is 11.0 Å². The number of hydrogen-bond donors (Lipinski definition) is 0. The zero-order valence-corrected chi connectivity index (χ0v) is 25.3. The molecule has 2 heterocycles. The average Bonchev–Trinajstić information content (AvgIpc) is 3.18. The van der Waals surface area contributed by atoms with Crippen molar-refractivity contribution in [1.29, 1.82) is 0 Å². The van der Waals surface area contributed by atoms with Crippen LogP contribution in [0, 0.1) is 3.57 Å². The van der Waals surface area contributed by atoms with Crippen LogP contribution in [0.4, 0.5) is 4.79 Å². The Morgan fingerprint density at radius 1 is 0.902 bits per heavy atom. The topological polar surface area (TPSA) is 93.6 Å². The van der Waals surface area contributed by atoms with E-state index in [1.54, 1.807) is 76.4 Å². The summed E-state index contributed by atoms with van der Waals surface area (Å²) in [7, 11) is 0. The summed E-state index contributed by atoms with van der Waals surface area (Å²) in [6.07, 6.45) is 1.60. The highest BCUT2D eigenvalue weighted by molar-refractivity contribution is 14.1. The number of rotatable bonds is 7. The Balaban J connectivity index is 1.71. The van der Waals surface area contributed by atoms with Crippen molar-refractivity contribution in [3.63, 3.8) is 0 Å². The summed E-state index contributed by atoms with van der Waals surface area (Å²) in [5, 5.41) is 0.745. The minimum Gasteiger partial charge on any atom is -0.467 e. The molecule has 41 heavy (non-hydrogen) atoms. The van der Waals surface area contributed by atoms with Crippen LogP contribution >= 0.6 is 22.6 Å². The number of carbonyl (C=O) groups is 4. The monoisotopic (exact) mass is 658 g/mol. The smallest absolute Gasteiger partial charge is 0.391 e. The van der Waals surface area contributed by atoms with Gasteiger partial charge < -0.3 is 9.53 Å². The number of pyridine rings is 1. The van der Waals surface area contributed by atoms with E-state index in [4.69, 9.17) is 4.74 Å². The molecule has 7 nitrogen and oxygen atoms in total. The standard InChI is InChI=1S/C32H28BIN2O5/c1-19(21-11-7-13-22(34)18-21)27(36-29(38)23-14-5-6-15-24(23)30(36)39)28(37)33(31(40)41-32(2,3)4)25-16-8-10-20-12-9-17-35-26(20)25/h5-19,27H,1-4H3/t19?,27-/m0/s1. The lowest BCUT2D eigenvalue weighted by Gasteiger charge is -2.33. The molecule has 2 amide bonds. The van der Waals surface area contributed by atoms with Crippen LogP contribution in [0.2, 0.25) is 0 Å². The lowest BCUT2D eigenvalue weighted by atomic mass is 9.39. The molecule has 206 valence electrons. The van der Waals surface area contributed by atoms with Gasteiger partial charge in [-0.05, 0) is 90.1 Å². The zero-order chi connectivity index (χ0) is 29.5. The Bertz CT molecular complexity index is 1660. The van der Waals surface area contributed by atoms with Gasteiger partial charge in [0.05, 0.1) is 22.7 Å². The number of amides is 2. The normalized spacial score (nSPS) is 14.5. The summed E-state index contributed by atoms with van der Waals surface area (Å²) in [4.78, 5) is 61.8. The Labute approximate surface area is 252 Å². The minimum atomic E-state index is -1.44. The van der Waals surface area contributed by atoms with E-state index in [1.807, 2.05) is 36.4 Å². The summed E-state index contributed by atoms with van der Waals surface area (Å²) < 4.78 is 6.71. The molecule has 0 saturated carbocycles. The predicted octanol–water partition coefficient (Wildman–Crippen LogP) is 5.63. The summed E-state index contributed by atoms with van der Waals surface area (Å²) in [6.45, 7) is 5.54. The maximum atomic E-state index is 14.9. The molecule has 1 aromatic heterocycles. The number of carbonyl (C=O) groups excluding carboxylic acids is 4. The lowest BCUT2D eigenvalue weighted by Crippen LogP contribution is -2.59. The van der Waals surface area contributed by atoms with Crippen LogP contribution in [-0.2, 0) is 9.53 Å². The van der Waals surface area contributed by atoms with E-state index >= 15 is 0 Å². The van der Waals surface area contributed by atoms with Crippen molar-refractivity contribution in [2.24, 2.45) is 0 Å². The van der Waals surface area contributed by atoms with Crippen molar-refractivity contribution in [2.75, 3.05) is 0 Å². The highest BCUT2D eigenvalue weighted by Crippen LogP contribution is 2.33. The number of hydrogen-bond acceptors (Lipinski definition) is 6. The van der Waals surface area contributed by atoms with E-state index in [9.17, 15) is 19.2 Å². The molecule has 0 spiro atoms. The summed E-state index contributed by atoms with van der Waals surface area (Å²) in [6, 6.07) is 21.7. The van der Waals surface area contributed by atoms with Gasteiger partial charge in [0.15, 0.2) is 0 Å². The molecule has 0 fully saturated rings. The van der Waals surface area contributed by atoms with E-state index < -0.39 is 47.6 Å². The Kier molecular flexibility index (Phi) is 7.83. The van der Waals surface area contributed by atoms with Crippen LogP contribution in [0.1, 0.15) is 59.9 Å². The van der Waals surface area contributed by atoms with Crippen molar-refractivity contribution >= 4 is 69.0 Å². The summed E-state index contributed by atoms with van der Waals surface area (Å²) >= 11 is 2.18. The Morgan fingerprint density at radius 2 is 1.54 bits per heavy atom. The van der Waals surface area contributed by atoms with Crippen LogP contribution in [0.3, 0.4) is 0 Å². The maximum absolute atomic E-state index is 14.9. The second-order valence-corrected chi connectivity index (χ2v) is 12.4. The third kappa shape index (κ3) is 5.55. The zero-order valence-electron chi connectivity index (χ0n) is 23.1. The fourth-order valence-corrected chi connectivity index (χ4v) is 5.89. The van der Waals surface area contributed by atoms with Crippen molar-refractivity contribution in [3.05, 3.63) is 105 Å². The SMILES string of the molecule is CC(c1cccc(I)c1)[C@@H](C(=O)B(C(=O)OC(C)(C)C)c1cccc2cccnc12)N1C(=O)c2ccccc2C1=O. The lowest BCUT2D eigenvalue weighted by molar-refractivity contribution is -0.116. The molecule has 0 aliphatic carbocycles. The summed E-state index contributed by atoms with van der Waals surface area (Å²) in [5.41, 5.74) is 0.543. The molecule has 4 aromatic rings. The molecule has 9 heteroatoms. The third-order valence-corrected chi connectivity index (χ3v) is 7.82. The number of nitrogens with zero attached hydrogens (tertiary/aromatic N) is 2. The van der Waals surface area contributed by atoms with E-state index in [2.05, 4.69) is 27.6 Å². The van der Waals surface area contributed by atoms with E-state index in [0.717, 1.165) is 19.4 Å². The highest BCUT2D eigenvalue weighted by Gasteiger charge is 2.51. The molecule has 1 aliphatic heterocycles. The molecule has 5 rings (SSSR count). The van der Waals surface area contributed by atoms with Crippen molar-refractivity contribution < 1.29 is 23.9 Å². The Morgan fingerprint density at radius 3 is 2.17 bits per heavy atom. The van der Waals surface area contributed by atoms with Gasteiger partial charge in [-0.1, -0.05) is 55.5 Å². The van der Waals surface area contributed by atoms with Crippen molar-refractivity contribution in [2.45, 2.75) is 45.3 Å². The first kappa shape index (κ1) is 28.7. The summed E-state index contributed by atoms with van der Waals surface area (Å²) in [5.74, 6) is -2.54. The molecule has 3 aromatic carbocycles. The van der Waals surface area contributed by atoms with Crippen LogP contribution in [0.5, 0.6) is 0 Å². The van der Waals surface area contributed by atoms with Crippen LogP contribution < -0.4 is 5.46 Å². The highest BCUT2D eigenvalue weighted by atomic mass is 127. The molecule has 0 radical (unpaired) electrons. The number of halogens is 1. The van der Waals surface area contributed by atoms with Gasteiger partial charge in [0.1, 0.15) is 11.3 Å². The average molecular weight is 658 g/mol. The van der Waals surface area contributed by atoms with E-state index in [1.165, 1.54) is 0 Å². The fourth-order valence-electron chi connectivity index (χ4n) is 5.32. The number of fused-ring (bicyclic) bond motifs is 2. The first-order valence-corrected chi connectivity index (χ1v) is 14.4. The first-order chi connectivity index (χ1) is 19.5. The van der Waals surface area contributed by atoms with Gasteiger partial charge in [0, 0.05) is 15.7 Å².